The van der Waals surface area contributed by atoms with Crippen molar-refractivity contribution in [2.45, 2.75) is 6.92 Å². The van der Waals surface area contributed by atoms with Crippen LogP contribution in [0.1, 0.15) is 17.4 Å². The molecule has 104 valence electrons. The van der Waals surface area contributed by atoms with Crippen LogP contribution in [0.2, 0.25) is 0 Å². The third-order valence-electron chi connectivity index (χ3n) is 2.50. The third-order valence-corrected chi connectivity index (χ3v) is 2.50. The average Bonchev–Trinajstić information content (AvgIpc) is 2.43. The number of rotatable bonds is 4. The molecule has 0 aliphatic rings. The molecule has 0 bridgehead atoms. The molecule has 0 unspecified atom stereocenters. The van der Waals surface area contributed by atoms with Gasteiger partial charge in [-0.25, -0.2) is 4.39 Å². The summed E-state index contributed by atoms with van der Waals surface area (Å²) in [4.78, 5) is 15.6. The summed E-state index contributed by atoms with van der Waals surface area (Å²) >= 11 is 0. The van der Waals surface area contributed by atoms with E-state index in [0.29, 0.717) is 18.0 Å². The molecule has 20 heavy (non-hydrogen) atoms. The molecular weight excluding hydrogens is 261 g/mol. The molecule has 3 N–H and O–H groups in total. The first-order chi connectivity index (χ1) is 9.60. The van der Waals surface area contributed by atoms with Crippen LogP contribution in [0.15, 0.2) is 36.5 Å². The molecule has 1 heterocycles. The van der Waals surface area contributed by atoms with Crippen molar-refractivity contribution in [1.29, 1.82) is 0 Å². The summed E-state index contributed by atoms with van der Waals surface area (Å²) in [6.07, 6.45) is 1.46. The smallest absolute Gasteiger partial charge is 0.270 e. The summed E-state index contributed by atoms with van der Waals surface area (Å²) in [5.41, 5.74) is 6.08. The number of nitrogens with one attached hydrogen (secondary N) is 1. The topological polar surface area (TPSA) is 77.2 Å². The normalized spacial score (nSPS) is 10.1. The van der Waals surface area contributed by atoms with Gasteiger partial charge in [0.15, 0.2) is 5.75 Å². The summed E-state index contributed by atoms with van der Waals surface area (Å²) in [5.74, 6) is -0.00312. The number of halogens is 1. The number of anilines is 1. The van der Waals surface area contributed by atoms with Gasteiger partial charge in [-0.05, 0) is 25.1 Å². The molecule has 2 aromatic rings. The standard InChI is InChI=1S/C14H14FN3O2/c1-2-17-14(19)12-8-10(5-6-18-12)20-13-4-3-9(15)7-11(13)16/h3-8H,2,16H2,1H3,(H,17,19). The van der Waals surface area contributed by atoms with E-state index in [4.69, 9.17) is 10.5 Å². The van der Waals surface area contributed by atoms with E-state index in [0.717, 1.165) is 0 Å². The Morgan fingerprint density at radius 3 is 2.90 bits per heavy atom. The Morgan fingerprint density at radius 1 is 1.40 bits per heavy atom. The first-order valence-corrected chi connectivity index (χ1v) is 6.07. The van der Waals surface area contributed by atoms with Crippen LogP contribution >= 0.6 is 0 Å². The van der Waals surface area contributed by atoms with Crippen molar-refractivity contribution < 1.29 is 13.9 Å². The van der Waals surface area contributed by atoms with Crippen molar-refractivity contribution in [3.8, 4) is 11.5 Å². The van der Waals surface area contributed by atoms with Crippen LogP contribution in [0.5, 0.6) is 11.5 Å². The van der Waals surface area contributed by atoms with Crippen LogP contribution in [0.25, 0.3) is 0 Å². The SMILES string of the molecule is CCNC(=O)c1cc(Oc2ccc(F)cc2N)ccn1. The van der Waals surface area contributed by atoms with Crippen molar-refractivity contribution in [2.24, 2.45) is 0 Å². The summed E-state index contributed by atoms with van der Waals surface area (Å²) in [7, 11) is 0. The van der Waals surface area contributed by atoms with Gasteiger partial charge in [0, 0.05) is 24.9 Å². The fourth-order valence-corrected chi connectivity index (χ4v) is 1.59. The van der Waals surface area contributed by atoms with Gasteiger partial charge in [0.1, 0.15) is 17.3 Å². The van der Waals surface area contributed by atoms with Gasteiger partial charge >= 0.3 is 0 Å². The number of pyridine rings is 1. The predicted octanol–water partition coefficient (Wildman–Crippen LogP) is 2.34. The summed E-state index contributed by atoms with van der Waals surface area (Å²) < 4.78 is 18.5. The van der Waals surface area contributed by atoms with Gasteiger partial charge in [-0.3, -0.25) is 9.78 Å². The molecule has 0 atom stereocenters. The fraction of sp³-hybridized carbons (Fsp3) is 0.143. The minimum absolute atomic E-state index is 0.182. The van der Waals surface area contributed by atoms with Gasteiger partial charge in [-0.15, -0.1) is 0 Å². The maximum Gasteiger partial charge on any atom is 0.270 e. The van der Waals surface area contributed by atoms with E-state index >= 15 is 0 Å². The second kappa shape index (κ2) is 6.01. The van der Waals surface area contributed by atoms with E-state index in [2.05, 4.69) is 10.3 Å². The van der Waals surface area contributed by atoms with Crippen LogP contribution in [0, 0.1) is 5.82 Å². The lowest BCUT2D eigenvalue weighted by Gasteiger charge is -2.09. The van der Waals surface area contributed by atoms with Crippen molar-refractivity contribution in [1.82, 2.24) is 10.3 Å². The number of carbonyl (C=O) groups excluding carboxylic acids is 1. The van der Waals surface area contributed by atoms with Crippen LogP contribution in [0.4, 0.5) is 10.1 Å². The molecule has 0 aliphatic carbocycles. The Kier molecular flexibility index (Phi) is 4.14. The lowest BCUT2D eigenvalue weighted by Crippen LogP contribution is -2.23. The zero-order valence-corrected chi connectivity index (χ0v) is 10.9. The van der Waals surface area contributed by atoms with Crippen LogP contribution in [-0.2, 0) is 0 Å². The molecular formula is C14H14FN3O2. The van der Waals surface area contributed by atoms with E-state index in [9.17, 15) is 9.18 Å². The van der Waals surface area contributed by atoms with Gasteiger partial charge in [-0.1, -0.05) is 0 Å². The second-order valence-corrected chi connectivity index (χ2v) is 4.02. The first kappa shape index (κ1) is 13.8. The minimum Gasteiger partial charge on any atom is -0.455 e. The third kappa shape index (κ3) is 3.23. The highest BCUT2D eigenvalue weighted by molar-refractivity contribution is 5.92. The number of amides is 1. The van der Waals surface area contributed by atoms with Crippen molar-refractivity contribution in [2.75, 3.05) is 12.3 Å². The highest BCUT2D eigenvalue weighted by Crippen LogP contribution is 2.27. The van der Waals surface area contributed by atoms with Crippen molar-refractivity contribution >= 4 is 11.6 Å². The number of hydrogen-bond donors (Lipinski definition) is 2. The highest BCUT2D eigenvalue weighted by Gasteiger charge is 2.09. The van der Waals surface area contributed by atoms with E-state index < -0.39 is 5.82 Å². The molecule has 0 radical (unpaired) electrons. The number of hydrogen-bond acceptors (Lipinski definition) is 4. The van der Waals surface area contributed by atoms with Crippen molar-refractivity contribution in [3.05, 3.63) is 48.0 Å². The van der Waals surface area contributed by atoms with Gasteiger partial charge in [-0.2, -0.15) is 0 Å². The monoisotopic (exact) mass is 275 g/mol. The number of nitrogens with zero attached hydrogens (tertiary/aromatic N) is 1. The molecule has 1 aromatic heterocycles. The number of carbonyl (C=O) groups is 1. The van der Waals surface area contributed by atoms with E-state index in [1.54, 1.807) is 6.07 Å². The molecule has 6 heteroatoms. The lowest BCUT2D eigenvalue weighted by molar-refractivity contribution is 0.0950. The van der Waals surface area contributed by atoms with Gasteiger partial charge in [0.2, 0.25) is 0 Å². The number of nitrogens with two attached hydrogens (primary N) is 1. The molecule has 5 nitrogen and oxygen atoms in total. The van der Waals surface area contributed by atoms with E-state index in [1.807, 2.05) is 6.92 Å². The molecule has 0 saturated heterocycles. The van der Waals surface area contributed by atoms with Gasteiger partial charge in [0.05, 0.1) is 5.69 Å². The summed E-state index contributed by atoms with van der Waals surface area (Å²) in [6.45, 7) is 2.33. The average molecular weight is 275 g/mol. The number of benzene rings is 1. The Balaban J connectivity index is 2.21. The molecule has 1 amide bonds. The van der Waals surface area contributed by atoms with Crippen molar-refractivity contribution in [3.63, 3.8) is 0 Å². The highest BCUT2D eigenvalue weighted by atomic mass is 19.1. The summed E-state index contributed by atoms with van der Waals surface area (Å²) in [6, 6.07) is 6.93. The van der Waals surface area contributed by atoms with Crippen LogP contribution in [-0.4, -0.2) is 17.4 Å². The number of nitrogen functional groups attached to an aromatic ring is 1. The number of aromatic nitrogens is 1. The quantitative estimate of drug-likeness (QED) is 0.840. The Labute approximate surface area is 115 Å². The second-order valence-electron chi connectivity index (χ2n) is 4.02. The fourth-order valence-electron chi connectivity index (χ4n) is 1.59. The van der Waals surface area contributed by atoms with E-state index in [-0.39, 0.29) is 17.3 Å². The lowest BCUT2D eigenvalue weighted by atomic mass is 10.3. The predicted molar refractivity (Wildman–Crippen MR) is 73.1 cm³/mol. The van der Waals surface area contributed by atoms with Crippen LogP contribution in [0.3, 0.4) is 0 Å². The van der Waals surface area contributed by atoms with Gasteiger partial charge in [0.25, 0.3) is 5.91 Å². The summed E-state index contributed by atoms with van der Waals surface area (Å²) in [5, 5.41) is 2.64. The zero-order valence-electron chi connectivity index (χ0n) is 10.9. The maximum atomic E-state index is 12.9. The largest absolute Gasteiger partial charge is 0.455 e. The molecule has 1 aromatic carbocycles. The van der Waals surface area contributed by atoms with Gasteiger partial charge < -0.3 is 15.8 Å². The Hall–Kier alpha value is -2.63. The Morgan fingerprint density at radius 2 is 2.20 bits per heavy atom. The van der Waals surface area contributed by atoms with E-state index in [1.165, 1.54) is 30.5 Å². The maximum absolute atomic E-state index is 12.9. The molecule has 0 aliphatic heterocycles. The number of ether oxygens (including phenoxy) is 1. The first-order valence-electron chi connectivity index (χ1n) is 6.07. The van der Waals surface area contributed by atoms with Crippen LogP contribution < -0.4 is 15.8 Å². The molecule has 0 saturated carbocycles. The molecule has 0 fully saturated rings. The zero-order chi connectivity index (χ0) is 14.5. The Bertz CT molecular complexity index is 632. The minimum atomic E-state index is -0.437. The molecule has 2 rings (SSSR count). The molecule has 0 spiro atoms.